The number of hydrogen-bond donors (Lipinski definition) is 0. The van der Waals surface area contributed by atoms with E-state index in [1.54, 1.807) is 55.8 Å². The topological polar surface area (TPSA) is 300 Å². The zero-order chi connectivity index (χ0) is 87.7. The first kappa shape index (κ1) is 105. The summed E-state index contributed by atoms with van der Waals surface area (Å²) in [7, 11) is -8.93. The summed E-state index contributed by atoms with van der Waals surface area (Å²) in [4.78, 5) is 70.1. The van der Waals surface area contributed by atoms with Crippen molar-refractivity contribution in [3.63, 3.8) is 0 Å². The molecule has 0 bridgehead atoms. The van der Waals surface area contributed by atoms with Crippen molar-refractivity contribution in [2.75, 3.05) is 0 Å². The zero-order valence-corrected chi connectivity index (χ0v) is 76.1. The van der Waals surface area contributed by atoms with Crippen molar-refractivity contribution in [2.45, 2.75) is 215 Å². The molecule has 0 saturated carbocycles. The Morgan fingerprint density at radius 2 is 0.897 bits per heavy atom. The predicted molar refractivity (Wildman–Crippen MR) is 419 cm³/mol. The molecule has 0 radical (unpaired) electrons. The molecule has 3 fully saturated rings. The van der Waals surface area contributed by atoms with Crippen LogP contribution in [0.25, 0.3) is 27.9 Å². The molecule has 3 saturated heterocycles. The molecule has 12 rings (SSSR count). The first-order valence-corrected chi connectivity index (χ1v) is 39.4. The summed E-state index contributed by atoms with van der Waals surface area (Å²) in [6, 6.07) is 27.3. The van der Waals surface area contributed by atoms with Crippen molar-refractivity contribution in [2.24, 2.45) is 0 Å². The Kier molecular flexibility index (Phi) is 41.5. The van der Waals surface area contributed by atoms with Gasteiger partial charge in [-0.05, 0) is 143 Å². The van der Waals surface area contributed by atoms with Crippen molar-refractivity contribution < 1.29 is 170 Å². The molecule has 0 aliphatic carbocycles. The number of aromatic nitrogens is 6. The van der Waals surface area contributed by atoms with Crippen molar-refractivity contribution >= 4 is 77.4 Å². The Labute approximate surface area is 742 Å². The molecule has 626 valence electrons. The fourth-order valence-corrected chi connectivity index (χ4v) is 13.6. The van der Waals surface area contributed by atoms with Gasteiger partial charge in [-0.2, -0.15) is 0 Å². The van der Waals surface area contributed by atoms with E-state index in [1.807, 2.05) is 99.4 Å². The van der Waals surface area contributed by atoms with Crippen LogP contribution in [-0.4, -0.2) is 138 Å². The van der Waals surface area contributed by atoms with E-state index in [9.17, 15) is 94.7 Å². The van der Waals surface area contributed by atoms with E-state index < -0.39 is 106 Å². The molecule has 4 aliphatic heterocycles. The minimum atomic E-state index is -4.46. The van der Waals surface area contributed by atoms with E-state index in [0.29, 0.717) is 24.4 Å². The van der Waals surface area contributed by atoms with Gasteiger partial charge < -0.3 is 33.3 Å². The number of non-ortho nitro benzene ring substituents is 1. The number of likely N-dealkylation sites (tertiary alicyclic amines) is 3. The molecule has 3 aromatic heterocycles. The average Bonchev–Trinajstić information content (AvgIpc) is 1.69. The summed E-state index contributed by atoms with van der Waals surface area (Å²) in [6.07, 6.45) is 4.57. The largest absolute Gasteiger partial charge is 1.00 e. The number of benzene rings is 5. The third-order valence-corrected chi connectivity index (χ3v) is 19.9. The Bertz CT molecular complexity index is 4850. The molecule has 4 aliphatic rings. The molecule has 8 aromatic rings. The first-order valence-electron chi connectivity index (χ1n) is 36.4. The summed E-state index contributed by atoms with van der Waals surface area (Å²) in [5.74, 6) is -16.1. The van der Waals surface area contributed by atoms with Crippen molar-refractivity contribution in [1.29, 1.82) is 0 Å². The third-order valence-electron chi connectivity index (χ3n) is 17.7. The number of hydrogen-bond acceptors (Lipinski definition) is 16. The molecule has 5 aromatic carbocycles. The van der Waals surface area contributed by atoms with Gasteiger partial charge in [0.1, 0.15) is 31.3 Å². The number of amides is 4. The molecule has 2 atom stereocenters. The van der Waals surface area contributed by atoms with Crippen molar-refractivity contribution in [3.05, 3.63) is 237 Å². The number of nitro groups is 1. The molecule has 36 heteroatoms. The van der Waals surface area contributed by atoms with Crippen LogP contribution < -0.4 is 80.9 Å². The summed E-state index contributed by atoms with van der Waals surface area (Å²) in [5.41, 5.74) is 7.68. The molecule has 117 heavy (non-hydrogen) atoms. The second kappa shape index (κ2) is 46.1. The standard InChI is InChI=1S/C12H13NO.C9H7F5.C9H8F4.2C9H11N3.C9H11NO2.2C8H13NO4S.C8H13NO.K.Na/c1-8(2)13-9(3)10-6-4-5-7-11(10)12(13)14;1-3(2)4-5(10)7(12)9(14)8(13)6(4)11;1-4(2)7-8(12)5(10)3-6(11)9(7)13;1-7(2)12-6-11-8-4-3-5-10-9(8)12;1-7(2)12-9-6-4-3-5-8(9)10-11-12;1-7(2)8-3-5-9(6-4-8)10(11)12;2*1-5(2)9-6(3)7(4-8(9)10)14(11,12)13;1-6(2)9-7(3)4-5-8(9)10;;/h4-8H,3H2,1-2H3;3H,1-2H3;3-4H,1-2H3;3*3-7H,1-2H3;2*5,7H,3-4H2,1-2H3,(H,11,12,13);6H,3-5H2,1-2H3;;/q;;;;;;;;;2*+1/p-2. The fourth-order valence-electron chi connectivity index (χ4n) is 12.0. The number of rotatable bonds is 12. The molecule has 23 nitrogen and oxygen atoms in total. The van der Waals surface area contributed by atoms with Crippen LogP contribution in [0.2, 0.25) is 0 Å². The molecule has 7 heterocycles. The molecule has 4 amide bonds. The number of nitro benzene ring substituents is 1. The Balaban J connectivity index is 0.000000446. The molecular weight excluding hydrogens is 1620 g/mol. The van der Waals surface area contributed by atoms with E-state index in [4.69, 9.17) is 0 Å². The number of imidazole rings is 1. The Hall–Kier alpha value is -7.81. The van der Waals surface area contributed by atoms with Crippen LogP contribution in [0.5, 0.6) is 0 Å². The van der Waals surface area contributed by atoms with Crippen LogP contribution in [0.4, 0.5) is 45.2 Å². The maximum absolute atomic E-state index is 12.9. The Morgan fingerprint density at radius 3 is 1.26 bits per heavy atom. The first-order chi connectivity index (χ1) is 53.3. The van der Waals surface area contributed by atoms with Gasteiger partial charge in [0.05, 0.1) is 27.3 Å². The van der Waals surface area contributed by atoms with Crippen LogP contribution in [0.3, 0.4) is 0 Å². The monoisotopic (exact) mass is 1710 g/mol. The summed E-state index contributed by atoms with van der Waals surface area (Å²) in [5, 5.41) is 15.8. The Morgan fingerprint density at radius 1 is 0.479 bits per heavy atom. The SMILES string of the molecule is C=C1C(S(=O)(=O)[O-])CC(=O)N1C(C)C.C=C1C(S(=O)(=O)[O-])CC(=O)N1C(C)C.C=C1CCC(=O)N1C(C)C.C=C1c2ccccc2C(=O)N1C(C)C.CC(C)c1c(F)c(F)c(F)c(F)c1F.CC(C)c1c(F)c(F)cc(F)c1F.CC(C)c1ccc([N+](=O)[O-])cc1.CC(C)n1cnc2cccnc21.CC(C)n1nnc2ccccc21.[K+].[Na+]. The number of pyridine rings is 1. The number of para-hydroxylation sites is 1. The van der Waals surface area contributed by atoms with Gasteiger partial charge in [-0.15, -0.1) is 5.10 Å². The van der Waals surface area contributed by atoms with E-state index >= 15 is 0 Å². The number of halogens is 9. The van der Waals surface area contributed by atoms with Crippen molar-refractivity contribution in [3.8, 4) is 0 Å². The van der Waals surface area contributed by atoms with Crippen LogP contribution in [-0.2, 0) is 34.6 Å². The number of carbonyl (C=O) groups is 4. The summed E-state index contributed by atoms with van der Waals surface area (Å²) >= 11 is 0. The van der Waals surface area contributed by atoms with Crippen LogP contribution in [0, 0.1) is 62.5 Å². The smallest absolute Gasteiger partial charge is 0.747 e. The molecular formula is C81H98F9KN11NaO12S2. The van der Waals surface area contributed by atoms with Gasteiger partial charge in [-0.3, -0.25) is 29.3 Å². The van der Waals surface area contributed by atoms with Gasteiger partial charge in [0.2, 0.25) is 23.5 Å². The van der Waals surface area contributed by atoms with E-state index in [0.717, 1.165) is 56.7 Å². The normalized spacial score (nSPS) is 15.1. The van der Waals surface area contributed by atoms with E-state index in [1.165, 1.54) is 49.6 Å². The summed E-state index contributed by atoms with van der Waals surface area (Å²) < 4.78 is 183. The minimum absolute atomic E-state index is 0. The predicted octanol–water partition coefficient (Wildman–Crippen LogP) is 11.8. The number of fused-ring (bicyclic) bond motifs is 3. The van der Waals surface area contributed by atoms with Gasteiger partial charge in [-0.1, -0.05) is 116 Å². The maximum Gasteiger partial charge on any atom is 1.00 e. The fraction of sp³-hybridized carbons (Fsp3) is 0.407. The van der Waals surface area contributed by atoms with Crippen LogP contribution in [0.1, 0.15) is 213 Å². The second-order valence-electron chi connectivity index (χ2n) is 29.1. The maximum atomic E-state index is 12.9. The van der Waals surface area contributed by atoms with E-state index in [2.05, 4.69) is 92.7 Å². The van der Waals surface area contributed by atoms with Crippen LogP contribution in [0.15, 0.2) is 147 Å². The number of nitrogens with zero attached hydrogens (tertiary/aromatic N) is 11. The summed E-state index contributed by atoms with van der Waals surface area (Å²) in [6.45, 7) is 47.9. The zero-order valence-electron chi connectivity index (χ0n) is 69.4. The second-order valence-corrected chi connectivity index (χ2v) is 32.2. The number of carbonyl (C=O) groups excluding carboxylic acids is 4. The van der Waals surface area contributed by atoms with Gasteiger partial charge in [-0.25, -0.2) is 71.0 Å². The molecule has 0 spiro atoms. The quantitative estimate of drug-likeness (QED) is 0.0209. The van der Waals surface area contributed by atoms with Gasteiger partial charge in [0.15, 0.2) is 52.2 Å². The number of allylic oxidation sites excluding steroid dienone is 1. The molecule has 2 unspecified atom stereocenters. The van der Waals surface area contributed by atoms with Crippen LogP contribution >= 0.6 is 0 Å². The van der Waals surface area contributed by atoms with Gasteiger partial charge in [0.25, 0.3) is 11.6 Å². The third kappa shape index (κ3) is 27.6. The van der Waals surface area contributed by atoms with Crippen molar-refractivity contribution in [1.82, 2.24) is 49.1 Å². The molecule has 0 N–H and O–H groups in total. The minimum Gasteiger partial charge on any atom is -0.747 e. The van der Waals surface area contributed by atoms with E-state index in [-0.39, 0.29) is 170 Å². The van der Waals surface area contributed by atoms with Gasteiger partial charge in [0, 0.05) is 125 Å². The average molecular weight is 1710 g/mol. The van der Waals surface area contributed by atoms with Gasteiger partial charge >= 0.3 is 80.9 Å².